The summed E-state index contributed by atoms with van der Waals surface area (Å²) in [5, 5.41) is 6.71. The molecule has 0 aliphatic rings. The van der Waals surface area contributed by atoms with Crippen LogP contribution in [0.2, 0.25) is 0 Å². The van der Waals surface area contributed by atoms with Crippen LogP contribution in [0.5, 0.6) is 0 Å². The molecular weight excluding hydrogens is 268 g/mol. The number of aromatic nitrogens is 2. The quantitative estimate of drug-likeness (QED) is 0.735. The highest BCUT2D eigenvalue weighted by Crippen LogP contribution is 2.25. The Balaban J connectivity index is 1.79. The van der Waals surface area contributed by atoms with Crippen LogP contribution in [0.3, 0.4) is 0 Å². The molecule has 0 unspecified atom stereocenters. The summed E-state index contributed by atoms with van der Waals surface area (Å²) in [4.78, 5) is 8.53. The number of pyridine rings is 1. The van der Waals surface area contributed by atoms with Crippen molar-refractivity contribution in [3.05, 3.63) is 42.2 Å². The van der Waals surface area contributed by atoms with Gasteiger partial charge in [-0.1, -0.05) is 6.92 Å². The summed E-state index contributed by atoms with van der Waals surface area (Å²) >= 11 is 1.65. The number of nitrogens with zero attached hydrogens (tertiary/aromatic N) is 2. The first-order valence-electron chi connectivity index (χ1n) is 6.64. The van der Waals surface area contributed by atoms with Gasteiger partial charge >= 0.3 is 0 Å². The maximum atomic E-state index is 4.28. The van der Waals surface area contributed by atoms with E-state index in [0.717, 1.165) is 35.5 Å². The lowest BCUT2D eigenvalue weighted by atomic mass is 10.3. The Labute approximate surface area is 121 Å². The predicted octanol–water partition coefficient (Wildman–Crippen LogP) is 4.26. The van der Waals surface area contributed by atoms with Crippen molar-refractivity contribution in [2.45, 2.75) is 13.3 Å². The number of nitrogens with one attached hydrogen (secondary N) is 2. The number of benzene rings is 1. The van der Waals surface area contributed by atoms with E-state index in [1.165, 1.54) is 4.70 Å². The van der Waals surface area contributed by atoms with Crippen molar-refractivity contribution >= 4 is 38.6 Å². The smallest absolute Gasteiger partial charge is 0.0813 e. The third-order valence-corrected chi connectivity index (χ3v) is 3.73. The summed E-state index contributed by atoms with van der Waals surface area (Å²) in [5.74, 6) is 0. The lowest BCUT2D eigenvalue weighted by Crippen LogP contribution is -2.00. The third kappa shape index (κ3) is 2.88. The molecular formula is C15H16N4S. The van der Waals surface area contributed by atoms with E-state index >= 15 is 0 Å². The molecule has 0 aliphatic heterocycles. The van der Waals surface area contributed by atoms with Gasteiger partial charge in [-0.25, -0.2) is 4.98 Å². The molecule has 2 N–H and O–H groups in total. The number of anilines is 3. The highest BCUT2D eigenvalue weighted by Gasteiger charge is 2.01. The Morgan fingerprint density at radius 1 is 1.10 bits per heavy atom. The molecule has 20 heavy (non-hydrogen) atoms. The number of hydrogen-bond donors (Lipinski definition) is 2. The molecule has 3 aromatic rings. The van der Waals surface area contributed by atoms with Crippen LogP contribution in [0.25, 0.3) is 10.2 Å². The molecule has 4 nitrogen and oxygen atoms in total. The fourth-order valence-corrected chi connectivity index (χ4v) is 2.69. The molecule has 102 valence electrons. The third-order valence-electron chi connectivity index (χ3n) is 2.94. The zero-order valence-electron chi connectivity index (χ0n) is 11.3. The van der Waals surface area contributed by atoms with Gasteiger partial charge in [-0.2, -0.15) is 0 Å². The number of thiazole rings is 1. The first-order chi connectivity index (χ1) is 9.85. The molecule has 0 saturated carbocycles. The molecule has 0 bridgehead atoms. The van der Waals surface area contributed by atoms with Gasteiger partial charge in [-0.05, 0) is 30.7 Å². The van der Waals surface area contributed by atoms with Crippen LogP contribution < -0.4 is 10.6 Å². The van der Waals surface area contributed by atoms with E-state index in [-0.39, 0.29) is 0 Å². The van der Waals surface area contributed by atoms with Gasteiger partial charge in [0, 0.05) is 12.2 Å². The van der Waals surface area contributed by atoms with Crippen LogP contribution in [-0.4, -0.2) is 16.5 Å². The van der Waals surface area contributed by atoms with Crippen molar-refractivity contribution in [1.82, 2.24) is 9.97 Å². The van der Waals surface area contributed by atoms with Gasteiger partial charge in [0.05, 0.1) is 39.5 Å². The van der Waals surface area contributed by atoms with Gasteiger partial charge in [0.15, 0.2) is 0 Å². The molecule has 2 heterocycles. The minimum atomic E-state index is 0.956. The molecule has 0 atom stereocenters. The van der Waals surface area contributed by atoms with Gasteiger partial charge in [-0.15, -0.1) is 11.3 Å². The first kappa shape index (κ1) is 12.9. The number of fused-ring (bicyclic) bond motifs is 1. The van der Waals surface area contributed by atoms with Gasteiger partial charge < -0.3 is 10.6 Å². The van der Waals surface area contributed by atoms with Gasteiger partial charge in [0.2, 0.25) is 0 Å². The number of rotatable bonds is 5. The lowest BCUT2D eigenvalue weighted by molar-refractivity contribution is 0.978. The van der Waals surface area contributed by atoms with Gasteiger partial charge in [-0.3, -0.25) is 4.98 Å². The van der Waals surface area contributed by atoms with Crippen LogP contribution in [0, 0.1) is 0 Å². The predicted molar refractivity (Wildman–Crippen MR) is 85.9 cm³/mol. The normalized spacial score (nSPS) is 10.7. The Kier molecular flexibility index (Phi) is 3.78. The summed E-state index contributed by atoms with van der Waals surface area (Å²) in [5.41, 5.74) is 5.98. The molecule has 0 amide bonds. The van der Waals surface area contributed by atoms with E-state index in [1.807, 2.05) is 30.0 Å². The molecule has 5 heteroatoms. The summed E-state index contributed by atoms with van der Waals surface area (Å²) in [7, 11) is 0. The van der Waals surface area contributed by atoms with Crippen molar-refractivity contribution in [3.8, 4) is 0 Å². The lowest BCUT2D eigenvalue weighted by Gasteiger charge is -2.09. The first-order valence-corrected chi connectivity index (χ1v) is 7.52. The molecule has 0 spiro atoms. The zero-order valence-corrected chi connectivity index (χ0v) is 12.1. The van der Waals surface area contributed by atoms with Crippen LogP contribution in [-0.2, 0) is 0 Å². The van der Waals surface area contributed by atoms with E-state index in [1.54, 1.807) is 11.3 Å². The fraction of sp³-hybridized carbons (Fsp3) is 0.200. The monoisotopic (exact) mass is 284 g/mol. The van der Waals surface area contributed by atoms with E-state index in [4.69, 9.17) is 0 Å². The Hall–Kier alpha value is -2.14. The highest BCUT2D eigenvalue weighted by molar-refractivity contribution is 7.16. The fourth-order valence-electron chi connectivity index (χ4n) is 1.97. The minimum absolute atomic E-state index is 0.956. The van der Waals surface area contributed by atoms with Gasteiger partial charge in [0.1, 0.15) is 0 Å². The van der Waals surface area contributed by atoms with Crippen molar-refractivity contribution in [2.75, 3.05) is 17.2 Å². The highest BCUT2D eigenvalue weighted by atomic mass is 32.1. The Morgan fingerprint density at radius 2 is 2.00 bits per heavy atom. The summed E-state index contributed by atoms with van der Waals surface area (Å²) in [6, 6.07) is 8.24. The second kappa shape index (κ2) is 5.88. The average molecular weight is 284 g/mol. The summed E-state index contributed by atoms with van der Waals surface area (Å²) in [6.45, 7) is 3.10. The largest absolute Gasteiger partial charge is 0.384 e. The number of hydrogen-bond acceptors (Lipinski definition) is 5. The van der Waals surface area contributed by atoms with Crippen LogP contribution >= 0.6 is 11.3 Å². The molecule has 3 rings (SSSR count). The van der Waals surface area contributed by atoms with Crippen molar-refractivity contribution < 1.29 is 0 Å². The molecule has 0 fully saturated rings. The second-order valence-electron chi connectivity index (χ2n) is 4.55. The van der Waals surface area contributed by atoms with Crippen molar-refractivity contribution in [3.63, 3.8) is 0 Å². The maximum Gasteiger partial charge on any atom is 0.0813 e. The standard InChI is InChI=1S/C15H16N4S/c1-2-5-17-12-6-13(9-16-8-12)19-11-3-4-14-15(7-11)20-10-18-14/h3-4,6-10,17,19H,2,5H2,1H3. The topological polar surface area (TPSA) is 49.8 Å². The molecule has 0 saturated heterocycles. The second-order valence-corrected chi connectivity index (χ2v) is 5.44. The minimum Gasteiger partial charge on any atom is -0.384 e. The van der Waals surface area contributed by atoms with E-state index in [0.29, 0.717) is 0 Å². The Morgan fingerprint density at radius 3 is 2.90 bits per heavy atom. The summed E-state index contributed by atoms with van der Waals surface area (Å²) in [6.07, 6.45) is 4.76. The average Bonchev–Trinajstić information content (AvgIpc) is 2.93. The van der Waals surface area contributed by atoms with E-state index < -0.39 is 0 Å². The molecule has 0 aliphatic carbocycles. The zero-order chi connectivity index (χ0) is 13.8. The van der Waals surface area contributed by atoms with E-state index in [2.05, 4.69) is 39.7 Å². The van der Waals surface area contributed by atoms with Gasteiger partial charge in [0.25, 0.3) is 0 Å². The molecule has 1 aromatic carbocycles. The SMILES string of the molecule is CCCNc1cncc(Nc2ccc3ncsc3c2)c1. The van der Waals surface area contributed by atoms with Crippen molar-refractivity contribution in [2.24, 2.45) is 0 Å². The van der Waals surface area contributed by atoms with Crippen LogP contribution in [0.15, 0.2) is 42.2 Å². The molecule has 2 aromatic heterocycles. The van der Waals surface area contributed by atoms with E-state index in [9.17, 15) is 0 Å². The maximum absolute atomic E-state index is 4.28. The summed E-state index contributed by atoms with van der Waals surface area (Å²) < 4.78 is 1.18. The Bertz CT molecular complexity index is 708. The molecule has 0 radical (unpaired) electrons. The van der Waals surface area contributed by atoms with Crippen molar-refractivity contribution in [1.29, 1.82) is 0 Å². The van der Waals surface area contributed by atoms with Crippen LogP contribution in [0.1, 0.15) is 13.3 Å². The van der Waals surface area contributed by atoms with Crippen LogP contribution in [0.4, 0.5) is 17.1 Å².